The highest BCUT2D eigenvalue weighted by atomic mass is 79.9. The number of hydrogen-bond acceptors (Lipinski definition) is 2. The monoisotopic (exact) mass is 447 g/mol. The molecule has 3 aromatic rings. The maximum absolute atomic E-state index is 13.1. The molecule has 1 atom stereocenters. The standard InChI is InChI=1S/C25H22BrNO2/c1-16-6-10-18(11-7-16)15-27-23(20-4-3-5-21(26)14-20)22(24(28)25(27)29)19-12-8-17(2)9-13-19/h3-14,23,28H,15H2,1-2H3. The molecule has 1 amide bonds. The van der Waals surface area contributed by atoms with Crippen LogP contribution in [0.25, 0.3) is 5.57 Å². The van der Waals surface area contributed by atoms with Crippen LogP contribution in [0.3, 0.4) is 0 Å². The summed E-state index contributed by atoms with van der Waals surface area (Å²) in [5, 5.41) is 10.9. The first kappa shape index (κ1) is 19.5. The van der Waals surface area contributed by atoms with E-state index >= 15 is 0 Å². The van der Waals surface area contributed by atoms with E-state index in [4.69, 9.17) is 0 Å². The van der Waals surface area contributed by atoms with Crippen LogP contribution in [-0.2, 0) is 11.3 Å². The zero-order valence-corrected chi connectivity index (χ0v) is 18.0. The third-order valence-corrected chi connectivity index (χ3v) is 5.80. The van der Waals surface area contributed by atoms with Crippen molar-refractivity contribution in [1.29, 1.82) is 0 Å². The fourth-order valence-electron chi connectivity index (χ4n) is 3.76. The van der Waals surface area contributed by atoms with Crippen molar-refractivity contribution in [3.05, 3.63) is 111 Å². The molecule has 1 N–H and O–H groups in total. The maximum Gasteiger partial charge on any atom is 0.290 e. The molecule has 0 bridgehead atoms. The quantitative estimate of drug-likeness (QED) is 0.523. The van der Waals surface area contributed by atoms with E-state index in [0.29, 0.717) is 12.1 Å². The molecule has 4 heteroatoms. The Balaban J connectivity index is 1.81. The van der Waals surface area contributed by atoms with Gasteiger partial charge in [0.05, 0.1) is 6.04 Å². The minimum absolute atomic E-state index is 0.175. The molecule has 3 aromatic carbocycles. The Morgan fingerprint density at radius 2 is 1.55 bits per heavy atom. The lowest BCUT2D eigenvalue weighted by atomic mass is 9.93. The average molecular weight is 448 g/mol. The first-order chi connectivity index (χ1) is 13.9. The van der Waals surface area contributed by atoms with Crippen molar-refractivity contribution in [2.45, 2.75) is 26.4 Å². The van der Waals surface area contributed by atoms with Crippen LogP contribution in [0.2, 0.25) is 0 Å². The molecule has 4 rings (SSSR count). The largest absolute Gasteiger partial charge is 0.503 e. The number of aliphatic hydroxyl groups excluding tert-OH is 1. The van der Waals surface area contributed by atoms with Gasteiger partial charge in [0.1, 0.15) is 0 Å². The molecule has 0 aromatic heterocycles. The van der Waals surface area contributed by atoms with Crippen molar-refractivity contribution in [3.63, 3.8) is 0 Å². The van der Waals surface area contributed by atoms with E-state index in [-0.39, 0.29) is 17.7 Å². The van der Waals surface area contributed by atoms with Gasteiger partial charge in [-0.3, -0.25) is 4.79 Å². The lowest BCUT2D eigenvalue weighted by Crippen LogP contribution is -2.29. The average Bonchev–Trinajstić information content (AvgIpc) is 2.95. The molecule has 1 aliphatic heterocycles. The first-order valence-electron chi connectivity index (χ1n) is 9.56. The van der Waals surface area contributed by atoms with E-state index in [1.165, 1.54) is 5.56 Å². The molecule has 1 heterocycles. The SMILES string of the molecule is Cc1ccc(CN2C(=O)C(O)=C(c3ccc(C)cc3)C2c2cccc(Br)c2)cc1. The van der Waals surface area contributed by atoms with Gasteiger partial charge in [0.15, 0.2) is 5.76 Å². The molecular weight excluding hydrogens is 426 g/mol. The summed E-state index contributed by atoms with van der Waals surface area (Å²) in [5.74, 6) is -0.517. The Labute approximate surface area is 179 Å². The number of hydrogen-bond donors (Lipinski definition) is 1. The van der Waals surface area contributed by atoms with Gasteiger partial charge in [0.2, 0.25) is 0 Å². The fraction of sp³-hybridized carbons (Fsp3) is 0.160. The highest BCUT2D eigenvalue weighted by molar-refractivity contribution is 9.10. The summed E-state index contributed by atoms with van der Waals surface area (Å²) in [5.41, 5.74) is 5.81. The molecule has 29 heavy (non-hydrogen) atoms. The van der Waals surface area contributed by atoms with Gasteiger partial charge in [-0.2, -0.15) is 0 Å². The Kier molecular flexibility index (Phi) is 5.29. The van der Waals surface area contributed by atoms with Crippen LogP contribution in [0.1, 0.15) is 33.9 Å². The summed E-state index contributed by atoms with van der Waals surface area (Å²) in [6.07, 6.45) is 0. The number of halogens is 1. The summed E-state index contributed by atoms with van der Waals surface area (Å²) in [7, 11) is 0. The molecule has 1 unspecified atom stereocenters. The van der Waals surface area contributed by atoms with Crippen molar-refractivity contribution in [3.8, 4) is 0 Å². The normalized spacial score (nSPS) is 16.6. The highest BCUT2D eigenvalue weighted by Gasteiger charge is 2.41. The van der Waals surface area contributed by atoms with Crippen molar-refractivity contribution >= 4 is 27.4 Å². The number of amides is 1. The molecule has 3 nitrogen and oxygen atoms in total. The van der Waals surface area contributed by atoms with Gasteiger partial charge in [-0.15, -0.1) is 0 Å². The van der Waals surface area contributed by atoms with E-state index < -0.39 is 0 Å². The van der Waals surface area contributed by atoms with Gasteiger partial charge in [0, 0.05) is 16.6 Å². The number of carbonyl (C=O) groups is 1. The number of aryl methyl sites for hydroxylation is 2. The van der Waals surface area contributed by atoms with E-state index in [1.807, 2.05) is 86.6 Å². The summed E-state index contributed by atoms with van der Waals surface area (Å²) < 4.78 is 0.937. The molecule has 1 aliphatic rings. The van der Waals surface area contributed by atoms with Crippen LogP contribution in [0.15, 0.2) is 83.0 Å². The number of benzene rings is 3. The van der Waals surface area contributed by atoms with Crippen LogP contribution in [0, 0.1) is 13.8 Å². The number of nitrogens with zero attached hydrogens (tertiary/aromatic N) is 1. The topological polar surface area (TPSA) is 40.5 Å². The summed E-state index contributed by atoms with van der Waals surface area (Å²) in [6, 6.07) is 23.6. The number of rotatable bonds is 4. The van der Waals surface area contributed by atoms with Crippen molar-refractivity contribution in [2.75, 3.05) is 0 Å². The third-order valence-electron chi connectivity index (χ3n) is 5.30. The Hall–Kier alpha value is -2.85. The summed E-state index contributed by atoms with van der Waals surface area (Å²) >= 11 is 3.54. The zero-order chi connectivity index (χ0) is 20.5. The van der Waals surface area contributed by atoms with Gasteiger partial charge in [-0.1, -0.05) is 87.7 Å². The predicted octanol–water partition coefficient (Wildman–Crippen LogP) is 6.12. The second-order valence-corrected chi connectivity index (χ2v) is 8.42. The van der Waals surface area contributed by atoms with Gasteiger partial charge in [0.25, 0.3) is 5.91 Å². The molecule has 0 radical (unpaired) electrons. The van der Waals surface area contributed by atoms with Gasteiger partial charge in [-0.05, 0) is 42.7 Å². The molecule has 0 saturated heterocycles. The van der Waals surface area contributed by atoms with Crippen LogP contribution in [-0.4, -0.2) is 15.9 Å². The van der Waals surface area contributed by atoms with Crippen molar-refractivity contribution < 1.29 is 9.90 Å². The predicted molar refractivity (Wildman–Crippen MR) is 119 cm³/mol. The summed E-state index contributed by atoms with van der Waals surface area (Å²) in [4.78, 5) is 14.8. The van der Waals surface area contributed by atoms with Gasteiger partial charge >= 0.3 is 0 Å². The molecule has 0 spiro atoms. The summed E-state index contributed by atoms with van der Waals surface area (Å²) in [6.45, 7) is 4.49. The lowest BCUT2D eigenvalue weighted by Gasteiger charge is -2.28. The molecule has 0 saturated carbocycles. The van der Waals surface area contributed by atoms with Crippen LogP contribution in [0.5, 0.6) is 0 Å². The van der Waals surface area contributed by atoms with Crippen LogP contribution < -0.4 is 0 Å². The van der Waals surface area contributed by atoms with Gasteiger partial charge < -0.3 is 10.0 Å². The molecule has 146 valence electrons. The second-order valence-electron chi connectivity index (χ2n) is 7.50. The van der Waals surface area contributed by atoms with E-state index in [1.54, 1.807) is 4.90 Å². The zero-order valence-electron chi connectivity index (χ0n) is 16.4. The first-order valence-corrected chi connectivity index (χ1v) is 10.4. The second kappa shape index (κ2) is 7.88. The molecule has 0 fully saturated rings. The van der Waals surface area contributed by atoms with Gasteiger partial charge in [-0.25, -0.2) is 0 Å². The van der Waals surface area contributed by atoms with E-state index in [0.717, 1.165) is 26.7 Å². The Bertz CT molecular complexity index is 1080. The lowest BCUT2D eigenvalue weighted by molar-refractivity contribution is -0.130. The molecule has 0 aliphatic carbocycles. The fourth-order valence-corrected chi connectivity index (χ4v) is 4.18. The minimum atomic E-state index is -0.357. The third kappa shape index (κ3) is 3.85. The molecular formula is C25H22BrNO2. The number of carbonyl (C=O) groups excluding carboxylic acids is 1. The van der Waals surface area contributed by atoms with Crippen LogP contribution >= 0.6 is 15.9 Å². The Morgan fingerprint density at radius 1 is 0.931 bits per heavy atom. The van der Waals surface area contributed by atoms with E-state index in [9.17, 15) is 9.90 Å². The minimum Gasteiger partial charge on any atom is -0.503 e. The van der Waals surface area contributed by atoms with Crippen molar-refractivity contribution in [2.24, 2.45) is 0 Å². The number of aliphatic hydroxyl groups is 1. The van der Waals surface area contributed by atoms with Crippen molar-refractivity contribution in [1.82, 2.24) is 4.90 Å². The van der Waals surface area contributed by atoms with E-state index in [2.05, 4.69) is 15.9 Å². The highest BCUT2D eigenvalue weighted by Crippen LogP contribution is 2.44. The smallest absolute Gasteiger partial charge is 0.290 e. The maximum atomic E-state index is 13.1. The Morgan fingerprint density at radius 3 is 2.17 bits per heavy atom. The van der Waals surface area contributed by atoms with Crippen LogP contribution in [0.4, 0.5) is 0 Å².